The summed E-state index contributed by atoms with van der Waals surface area (Å²) in [4.78, 5) is 16.7. The molecule has 0 aromatic carbocycles. The van der Waals surface area contributed by atoms with Crippen molar-refractivity contribution in [3.63, 3.8) is 0 Å². The molecule has 1 aliphatic heterocycles. The van der Waals surface area contributed by atoms with Crippen LogP contribution in [0, 0.1) is 5.92 Å². The van der Waals surface area contributed by atoms with Crippen LogP contribution in [0.15, 0.2) is 12.7 Å². The van der Waals surface area contributed by atoms with Gasteiger partial charge < -0.3 is 25.0 Å². The van der Waals surface area contributed by atoms with Crippen molar-refractivity contribution in [2.24, 2.45) is 11.7 Å². The second kappa shape index (κ2) is 13.2. The van der Waals surface area contributed by atoms with Gasteiger partial charge in [0.15, 0.2) is 0 Å². The lowest BCUT2D eigenvalue weighted by atomic mass is 10.0. The molecule has 1 saturated heterocycles. The third-order valence-corrected chi connectivity index (χ3v) is 5.18. The Morgan fingerprint density at radius 2 is 1.96 bits per heavy atom. The van der Waals surface area contributed by atoms with Crippen molar-refractivity contribution in [1.82, 2.24) is 9.80 Å². The molecular weight excluding hydrogens is 354 g/mol. The van der Waals surface area contributed by atoms with Crippen molar-refractivity contribution in [2.45, 2.75) is 71.4 Å². The van der Waals surface area contributed by atoms with Crippen LogP contribution in [0.1, 0.15) is 59.8 Å². The number of likely N-dealkylation sites (tertiary alicyclic amines) is 1. The van der Waals surface area contributed by atoms with E-state index < -0.39 is 5.60 Å². The molecule has 164 valence electrons. The minimum absolute atomic E-state index is 0.264. The Morgan fingerprint density at radius 3 is 2.54 bits per heavy atom. The Hall–Kier alpha value is -1.11. The molecule has 1 atom stereocenters. The smallest absolute Gasteiger partial charge is 0.410 e. The molecule has 1 fully saturated rings. The van der Waals surface area contributed by atoms with Gasteiger partial charge in [0.05, 0.1) is 6.61 Å². The average molecular weight is 398 g/mol. The average Bonchev–Trinajstić information content (AvgIpc) is 2.63. The molecule has 1 unspecified atom stereocenters. The van der Waals surface area contributed by atoms with E-state index in [1.54, 1.807) is 4.90 Å². The van der Waals surface area contributed by atoms with E-state index in [-0.39, 0.29) is 6.09 Å². The number of ether oxygens (including phenoxy) is 2. The minimum Gasteiger partial charge on any atom is -0.444 e. The van der Waals surface area contributed by atoms with Gasteiger partial charge in [-0.25, -0.2) is 4.79 Å². The van der Waals surface area contributed by atoms with E-state index in [1.807, 2.05) is 26.8 Å². The van der Waals surface area contributed by atoms with Gasteiger partial charge in [0.2, 0.25) is 0 Å². The molecule has 0 aromatic heterocycles. The van der Waals surface area contributed by atoms with E-state index in [0.717, 1.165) is 58.3 Å². The van der Waals surface area contributed by atoms with Crippen LogP contribution in [0.25, 0.3) is 0 Å². The molecule has 0 aromatic rings. The summed E-state index contributed by atoms with van der Waals surface area (Å²) in [5.74, 6) is 0.420. The van der Waals surface area contributed by atoms with Crippen LogP contribution in [-0.2, 0) is 9.47 Å². The number of amides is 1. The summed E-state index contributed by atoms with van der Waals surface area (Å²) in [7, 11) is 0. The number of allylic oxidation sites excluding steroid dienone is 1. The molecule has 1 rings (SSSR count). The normalized spacial score (nSPS) is 17.3. The number of nitrogens with two attached hydrogens (primary N) is 1. The van der Waals surface area contributed by atoms with Gasteiger partial charge in [-0.15, -0.1) is 6.58 Å². The molecule has 6 nitrogen and oxygen atoms in total. The highest BCUT2D eigenvalue weighted by atomic mass is 16.6. The third-order valence-electron chi connectivity index (χ3n) is 5.18. The van der Waals surface area contributed by atoms with E-state index in [2.05, 4.69) is 18.4 Å². The maximum atomic E-state index is 12.5. The Kier molecular flexibility index (Phi) is 11.7. The monoisotopic (exact) mass is 397 g/mol. The van der Waals surface area contributed by atoms with Crippen molar-refractivity contribution < 1.29 is 14.3 Å². The molecule has 1 aliphatic rings. The summed E-state index contributed by atoms with van der Waals surface area (Å²) in [6, 6.07) is 0.375. The predicted octanol–water partition coefficient (Wildman–Crippen LogP) is 3.66. The molecule has 1 amide bonds. The largest absolute Gasteiger partial charge is 0.444 e. The van der Waals surface area contributed by atoms with Gasteiger partial charge in [0.25, 0.3) is 0 Å². The Labute approximate surface area is 172 Å². The number of hydrogen-bond donors (Lipinski definition) is 1. The first kappa shape index (κ1) is 24.9. The SMILES string of the molecule is C=CC(CC)CCN(CCOCCCN1CCC(N)CC1)C(=O)OC(C)(C)C. The summed E-state index contributed by atoms with van der Waals surface area (Å²) in [5, 5.41) is 0. The molecular formula is C22H43N3O3. The number of rotatable bonds is 12. The van der Waals surface area contributed by atoms with E-state index in [0.29, 0.717) is 31.7 Å². The van der Waals surface area contributed by atoms with Gasteiger partial charge in [-0.05, 0) is 71.9 Å². The van der Waals surface area contributed by atoms with Crippen LogP contribution >= 0.6 is 0 Å². The summed E-state index contributed by atoms with van der Waals surface area (Å²) < 4.78 is 11.3. The van der Waals surface area contributed by atoms with Crippen LogP contribution < -0.4 is 5.73 Å². The third kappa shape index (κ3) is 11.0. The van der Waals surface area contributed by atoms with Crippen LogP contribution in [-0.4, -0.2) is 73.5 Å². The van der Waals surface area contributed by atoms with Gasteiger partial charge in [-0.2, -0.15) is 0 Å². The Morgan fingerprint density at radius 1 is 1.29 bits per heavy atom. The number of hydrogen-bond acceptors (Lipinski definition) is 5. The number of nitrogens with zero attached hydrogens (tertiary/aromatic N) is 2. The van der Waals surface area contributed by atoms with Crippen molar-refractivity contribution in [3.05, 3.63) is 12.7 Å². The Balaban J connectivity index is 2.30. The maximum Gasteiger partial charge on any atom is 0.410 e. The highest BCUT2D eigenvalue weighted by Crippen LogP contribution is 2.14. The summed E-state index contributed by atoms with van der Waals surface area (Å²) in [5.41, 5.74) is 5.45. The van der Waals surface area contributed by atoms with Crippen LogP contribution in [0.2, 0.25) is 0 Å². The molecule has 28 heavy (non-hydrogen) atoms. The number of piperidine rings is 1. The summed E-state index contributed by atoms with van der Waals surface area (Å²) in [6.07, 6.45) is 6.83. The molecule has 1 heterocycles. The van der Waals surface area contributed by atoms with Crippen molar-refractivity contribution >= 4 is 6.09 Å². The molecule has 0 spiro atoms. The maximum absolute atomic E-state index is 12.5. The highest BCUT2D eigenvalue weighted by Gasteiger charge is 2.22. The van der Waals surface area contributed by atoms with Crippen LogP contribution in [0.5, 0.6) is 0 Å². The topological polar surface area (TPSA) is 68.0 Å². The van der Waals surface area contributed by atoms with E-state index in [9.17, 15) is 4.79 Å². The molecule has 0 bridgehead atoms. The van der Waals surface area contributed by atoms with Gasteiger partial charge in [0, 0.05) is 32.3 Å². The first-order valence-corrected chi connectivity index (χ1v) is 10.9. The lowest BCUT2D eigenvalue weighted by Gasteiger charge is -2.30. The van der Waals surface area contributed by atoms with Crippen LogP contribution in [0.3, 0.4) is 0 Å². The van der Waals surface area contributed by atoms with E-state index >= 15 is 0 Å². The lowest BCUT2D eigenvalue weighted by molar-refractivity contribution is 0.0162. The zero-order valence-electron chi connectivity index (χ0n) is 18.6. The molecule has 6 heteroatoms. The summed E-state index contributed by atoms with van der Waals surface area (Å²) in [6.45, 7) is 17.4. The standard InChI is InChI=1S/C22H43N3O3/c1-6-19(7-2)9-15-25(21(26)28-22(3,4)5)16-18-27-17-8-12-24-13-10-20(23)11-14-24/h6,19-20H,1,7-18,23H2,2-5H3. The van der Waals surface area contributed by atoms with Crippen LogP contribution in [0.4, 0.5) is 4.79 Å². The highest BCUT2D eigenvalue weighted by molar-refractivity contribution is 5.68. The quantitative estimate of drug-likeness (QED) is 0.402. The molecule has 0 saturated carbocycles. The Bertz CT molecular complexity index is 443. The lowest BCUT2D eigenvalue weighted by Crippen LogP contribution is -2.40. The van der Waals surface area contributed by atoms with Crippen molar-refractivity contribution in [3.8, 4) is 0 Å². The summed E-state index contributed by atoms with van der Waals surface area (Å²) >= 11 is 0. The number of carbonyl (C=O) groups is 1. The first-order chi connectivity index (χ1) is 13.2. The zero-order valence-corrected chi connectivity index (χ0v) is 18.6. The fraction of sp³-hybridized carbons (Fsp3) is 0.864. The second-order valence-electron chi connectivity index (χ2n) is 8.81. The first-order valence-electron chi connectivity index (χ1n) is 10.9. The van der Waals surface area contributed by atoms with Gasteiger partial charge >= 0.3 is 6.09 Å². The predicted molar refractivity (Wildman–Crippen MR) is 115 cm³/mol. The fourth-order valence-corrected chi connectivity index (χ4v) is 3.27. The van der Waals surface area contributed by atoms with Gasteiger partial charge in [0.1, 0.15) is 5.60 Å². The van der Waals surface area contributed by atoms with Crippen molar-refractivity contribution in [2.75, 3.05) is 45.9 Å². The van der Waals surface area contributed by atoms with Gasteiger partial charge in [-0.3, -0.25) is 0 Å². The minimum atomic E-state index is -0.490. The fourth-order valence-electron chi connectivity index (χ4n) is 3.27. The van der Waals surface area contributed by atoms with Crippen molar-refractivity contribution in [1.29, 1.82) is 0 Å². The molecule has 0 aliphatic carbocycles. The van der Waals surface area contributed by atoms with Gasteiger partial charge in [-0.1, -0.05) is 13.0 Å². The zero-order chi connectivity index (χ0) is 21.0. The number of carbonyl (C=O) groups excluding carboxylic acids is 1. The van der Waals surface area contributed by atoms with E-state index in [1.165, 1.54) is 0 Å². The molecule has 2 N–H and O–H groups in total. The molecule has 0 radical (unpaired) electrons. The second-order valence-corrected chi connectivity index (χ2v) is 8.81. The van der Waals surface area contributed by atoms with E-state index in [4.69, 9.17) is 15.2 Å².